The van der Waals surface area contributed by atoms with Crippen molar-refractivity contribution in [2.75, 3.05) is 17.1 Å². The van der Waals surface area contributed by atoms with Crippen LogP contribution in [0.15, 0.2) is 48.5 Å². The topological polar surface area (TPSA) is 86.8 Å². The van der Waals surface area contributed by atoms with E-state index in [-0.39, 0.29) is 12.2 Å². The molecule has 1 unspecified atom stereocenters. The van der Waals surface area contributed by atoms with E-state index in [1.165, 1.54) is 4.90 Å². The van der Waals surface area contributed by atoms with Crippen LogP contribution in [-0.2, 0) is 26.2 Å². The van der Waals surface area contributed by atoms with E-state index in [9.17, 15) is 26.8 Å². The van der Waals surface area contributed by atoms with Crippen LogP contribution in [0.2, 0.25) is 0 Å². The molecule has 0 spiro atoms. The molecule has 0 saturated heterocycles. The van der Waals surface area contributed by atoms with Gasteiger partial charge in [-0.1, -0.05) is 30.3 Å². The number of halogens is 2. The quantitative estimate of drug-likeness (QED) is 0.628. The maximum atomic E-state index is 13.8. The SMILES string of the molecule is CC(C(=O)NC(C)(C)C)N(Cc1ccccc1)C(=O)CN(c1ccc(F)c(F)c1)S(C)(=O)=O. The zero-order chi connectivity index (χ0) is 25.0. The lowest BCUT2D eigenvalue weighted by atomic mass is 10.1. The summed E-state index contributed by atoms with van der Waals surface area (Å²) in [5.74, 6) is -3.47. The highest BCUT2D eigenvalue weighted by molar-refractivity contribution is 7.92. The second-order valence-corrected chi connectivity index (χ2v) is 10.7. The van der Waals surface area contributed by atoms with Gasteiger partial charge in [-0.05, 0) is 45.4 Å². The van der Waals surface area contributed by atoms with E-state index in [0.29, 0.717) is 10.4 Å². The first-order valence-electron chi connectivity index (χ1n) is 10.3. The third kappa shape index (κ3) is 7.52. The highest BCUT2D eigenvalue weighted by Crippen LogP contribution is 2.21. The highest BCUT2D eigenvalue weighted by Gasteiger charge is 2.31. The summed E-state index contributed by atoms with van der Waals surface area (Å²) in [6.45, 7) is 6.31. The highest BCUT2D eigenvalue weighted by atomic mass is 32.2. The Balaban J connectivity index is 2.40. The van der Waals surface area contributed by atoms with Gasteiger partial charge in [-0.25, -0.2) is 17.2 Å². The molecule has 0 bridgehead atoms. The summed E-state index contributed by atoms with van der Waals surface area (Å²) >= 11 is 0. The number of sulfonamides is 1. The number of nitrogens with zero attached hydrogens (tertiary/aromatic N) is 2. The Kier molecular flexibility index (Phi) is 8.18. The van der Waals surface area contributed by atoms with Crippen LogP contribution in [0, 0.1) is 11.6 Å². The molecule has 0 radical (unpaired) electrons. The molecule has 33 heavy (non-hydrogen) atoms. The van der Waals surface area contributed by atoms with E-state index in [1.807, 2.05) is 0 Å². The molecule has 0 aliphatic heterocycles. The molecular formula is C23H29F2N3O4S. The minimum Gasteiger partial charge on any atom is -0.350 e. The van der Waals surface area contributed by atoms with Crippen molar-refractivity contribution in [2.45, 2.75) is 45.8 Å². The summed E-state index contributed by atoms with van der Waals surface area (Å²) in [4.78, 5) is 27.4. The summed E-state index contributed by atoms with van der Waals surface area (Å²) in [6, 6.07) is 10.6. The predicted octanol–water partition coefficient (Wildman–Crippen LogP) is 3.06. The van der Waals surface area contributed by atoms with Crippen molar-refractivity contribution >= 4 is 27.5 Å². The average Bonchev–Trinajstić information content (AvgIpc) is 2.70. The number of nitrogens with one attached hydrogen (secondary N) is 1. The van der Waals surface area contributed by atoms with Gasteiger partial charge in [0.2, 0.25) is 21.8 Å². The Morgan fingerprint density at radius 2 is 1.64 bits per heavy atom. The van der Waals surface area contributed by atoms with Crippen molar-refractivity contribution in [1.82, 2.24) is 10.2 Å². The first-order chi connectivity index (χ1) is 15.2. The van der Waals surface area contributed by atoms with Crippen molar-refractivity contribution in [3.05, 3.63) is 65.7 Å². The van der Waals surface area contributed by atoms with Crippen LogP contribution in [0.25, 0.3) is 0 Å². The molecule has 180 valence electrons. The Hall–Kier alpha value is -3.01. The minimum atomic E-state index is -4.03. The fourth-order valence-electron chi connectivity index (χ4n) is 3.09. The maximum Gasteiger partial charge on any atom is 0.244 e. The fraction of sp³-hybridized carbons (Fsp3) is 0.391. The molecule has 1 atom stereocenters. The van der Waals surface area contributed by atoms with Crippen LogP contribution < -0.4 is 9.62 Å². The predicted molar refractivity (Wildman–Crippen MR) is 123 cm³/mol. The number of carbonyl (C=O) groups is 2. The van der Waals surface area contributed by atoms with Gasteiger partial charge in [-0.15, -0.1) is 0 Å². The maximum absolute atomic E-state index is 13.8. The summed E-state index contributed by atoms with van der Waals surface area (Å²) in [5.41, 5.74) is -0.00626. The van der Waals surface area contributed by atoms with Crippen LogP contribution in [0.3, 0.4) is 0 Å². The van der Waals surface area contributed by atoms with Gasteiger partial charge >= 0.3 is 0 Å². The third-order valence-electron chi connectivity index (χ3n) is 4.73. The van der Waals surface area contributed by atoms with E-state index >= 15 is 0 Å². The second-order valence-electron chi connectivity index (χ2n) is 8.79. The van der Waals surface area contributed by atoms with E-state index in [1.54, 1.807) is 58.0 Å². The summed E-state index contributed by atoms with van der Waals surface area (Å²) < 4.78 is 52.6. The smallest absolute Gasteiger partial charge is 0.244 e. The van der Waals surface area contributed by atoms with Gasteiger partial charge in [0.15, 0.2) is 11.6 Å². The number of hydrogen-bond acceptors (Lipinski definition) is 4. The molecule has 1 N–H and O–H groups in total. The van der Waals surface area contributed by atoms with E-state index in [4.69, 9.17) is 0 Å². The first kappa shape index (κ1) is 26.2. The summed E-state index contributed by atoms with van der Waals surface area (Å²) in [7, 11) is -4.03. The van der Waals surface area contributed by atoms with Crippen LogP contribution in [0.1, 0.15) is 33.3 Å². The molecule has 2 aromatic rings. The molecule has 0 fully saturated rings. The van der Waals surface area contributed by atoms with Crippen molar-refractivity contribution in [3.8, 4) is 0 Å². The Labute approximate surface area is 193 Å². The molecule has 0 heterocycles. The monoisotopic (exact) mass is 481 g/mol. The molecule has 2 rings (SSSR count). The average molecular weight is 482 g/mol. The largest absolute Gasteiger partial charge is 0.350 e. The third-order valence-corrected chi connectivity index (χ3v) is 5.87. The summed E-state index contributed by atoms with van der Waals surface area (Å²) in [6.07, 6.45) is 0.860. The van der Waals surface area contributed by atoms with Gasteiger partial charge in [0.05, 0.1) is 11.9 Å². The van der Waals surface area contributed by atoms with E-state index in [2.05, 4.69) is 5.32 Å². The van der Waals surface area contributed by atoms with E-state index in [0.717, 1.165) is 24.0 Å². The molecule has 0 saturated carbocycles. The molecule has 0 aliphatic carbocycles. The van der Waals surface area contributed by atoms with Gasteiger partial charge in [0, 0.05) is 18.2 Å². The second kappa shape index (κ2) is 10.3. The Morgan fingerprint density at radius 1 is 1.03 bits per heavy atom. The first-order valence-corrected chi connectivity index (χ1v) is 12.1. The van der Waals surface area contributed by atoms with Gasteiger partial charge < -0.3 is 10.2 Å². The van der Waals surface area contributed by atoms with Crippen LogP contribution >= 0.6 is 0 Å². The number of carbonyl (C=O) groups excluding carboxylic acids is 2. The fourth-order valence-corrected chi connectivity index (χ4v) is 3.93. The lowest BCUT2D eigenvalue weighted by molar-refractivity contribution is -0.140. The molecule has 0 aromatic heterocycles. The Morgan fingerprint density at radius 3 is 2.15 bits per heavy atom. The zero-order valence-electron chi connectivity index (χ0n) is 19.3. The van der Waals surface area contributed by atoms with Gasteiger partial charge in [0.25, 0.3) is 0 Å². The summed E-state index contributed by atoms with van der Waals surface area (Å²) in [5, 5.41) is 2.81. The Bertz CT molecular complexity index is 1100. The van der Waals surface area contributed by atoms with Crippen molar-refractivity contribution in [1.29, 1.82) is 0 Å². The minimum absolute atomic E-state index is 0.0494. The normalized spacial score (nSPS) is 12.7. The standard InChI is InChI=1S/C23H29F2N3O4S/c1-16(22(30)26-23(2,3)4)27(14-17-9-7-6-8-10-17)21(29)15-28(33(5,31)32)18-11-12-19(24)20(25)13-18/h6-13,16H,14-15H2,1-5H3,(H,26,30). The molecular weight excluding hydrogens is 452 g/mol. The molecule has 2 amide bonds. The number of anilines is 1. The van der Waals surface area contributed by atoms with Crippen LogP contribution in [0.5, 0.6) is 0 Å². The molecule has 7 nitrogen and oxygen atoms in total. The lowest BCUT2D eigenvalue weighted by Gasteiger charge is -2.33. The number of rotatable bonds is 8. The van der Waals surface area contributed by atoms with Crippen molar-refractivity contribution < 1.29 is 26.8 Å². The van der Waals surface area contributed by atoms with Gasteiger partial charge in [0.1, 0.15) is 12.6 Å². The van der Waals surface area contributed by atoms with E-state index < -0.39 is 51.6 Å². The van der Waals surface area contributed by atoms with Gasteiger partial charge in [-0.2, -0.15) is 0 Å². The van der Waals surface area contributed by atoms with Crippen molar-refractivity contribution in [2.24, 2.45) is 0 Å². The van der Waals surface area contributed by atoms with Gasteiger partial charge in [-0.3, -0.25) is 13.9 Å². The zero-order valence-corrected chi connectivity index (χ0v) is 20.1. The molecule has 10 heteroatoms. The van der Waals surface area contributed by atoms with Crippen LogP contribution in [0.4, 0.5) is 14.5 Å². The number of hydrogen-bond donors (Lipinski definition) is 1. The lowest BCUT2D eigenvalue weighted by Crippen LogP contribution is -2.54. The number of amides is 2. The number of benzene rings is 2. The van der Waals surface area contributed by atoms with Crippen LogP contribution in [-0.4, -0.2) is 49.5 Å². The molecule has 0 aliphatic rings. The van der Waals surface area contributed by atoms with Crippen molar-refractivity contribution in [3.63, 3.8) is 0 Å². The molecule has 2 aromatic carbocycles.